The first-order valence-corrected chi connectivity index (χ1v) is 7.04. The maximum Gasteiger partial charge on any atom is 0.225 e. The first-order valence-electron chi connectivity index (χ1n) is 7.04. The summed E-state index contributed by atoms with van der Waals surface area (Å²) >= 11 is 0. The first kappa shape index (κ1) is 14.1. The quantitative estimate of drug-likeness (QED) is 0.877. The van der Waals surface area contributed by atoms with Crippen molar-refractivity contribution >= 4 is 5.95 Å². The summed E-state index contributed by atoms with van der Waals surface area (Å²) in [6, 6.07) is 0.406. The number of hydrogen-bond donors (Lipinski definition) is 1. The number of nitrogens with one attached hydrogen (secondary N) is 1. The van der Waals surface area contributed by atoms with Gasteiger partial charge in [0.25, 0.3) is 0 Å². The fraction of sp³-hybridized carbons (Fsp3) is 0.714. The van der Waals surface area contributed by atoms with E-state index < -0.39 is 0 Å². The molecule has 1 fully saturated rings. The van der Waals surface area contributed by atoms with Crippen LogP contribution in [0.5, 0.6) is 5.75 Å². The molecule has 5 nitrogen and oxygen atoms in total. The molecular formula is C14H24N4O. The molecule has 1 aromatic heterocycles. The zero-order valence-corrected chi connectivity index (χ0v) is 12.1. The average Bonchev–Trinajstić information content (AvgIpc) is 2.46. The predicted octanol–water partition coefficient (Wildman–Crippen LogP) is 1.70. The third-order valence-corrected chi connectivity index (χ3v) is 3.64. The molecule has 0 unspecified atom stereocenters. The molecule has 1 saturated heterocycles. The fourth-order valence-corrected chi connectivity index (χ4v) is 2.43. The van der Waals surface area contributed by atoms with E-state index in [4.69, 9.17) is 4.74 Å². The van der Waals surface area contributed by atoms with Gasteiger partial charge in [0.2, 0.25) is 5.95 Å². The van der Waals surface area contributed by atoms with Crippen LogP contribution in [0.3, 0.4) is 0 Å². The van der Waals surface area contributed by atoms with E-state index in [0.29, 0.717) is 11.8 Å². The van der Waals surface area contributed by atoms with Gasteiger partial charge < -0.3 is 15.0 Å². The Morgan fingerprint density at radius 2 is 1.95 bits per heavy atom. The number of methoxy groups -OCH3 is 1. The SMILES string of the molecule is COc1cnc(N(CC2CCNCC2)C(C)C)nc1. The molecule has 0 bridgehead atoms. The van der Waals surface area contributed by atoms with Crippen LogP contribution in [0, 0.1) is 5.92 Å². The molecule has 0 aromatic carbocycles. The summed E-state index contributed by atoms with van der Waals surface area (Å²) in [5, 5.41) is 3.41. The van der Waals surface area contributed by atoms with Crippen molar-refractivity contribution in [3.8, 4) is 5.75 Å². The van der Waals surface area contributed by atoms with Crippen molar-refractivity contribution in [1.29, 1.82) is 0 Å². The van der Waals surface area contributed by atoms with Crippen LogP contribution in [0.1, 0.15) is 26.7 Å². The van der Waals surface area contributed by atoms with Crippen molar-refractivity contribution < 1.29 is 4.74 Å². The lowest BCUT2D eigenvalue weighted by Gasteiger charge is -2.32. The van der Waals surface area contributed by atoms with E-state index in [-0.39, 0.29) is 0 Å². The van der Waals surface area contributed by atoms with Gasteiger partial charge in [0.1, 0.15) is 0 Å². The normalized spacial score (nSPS) is 16.6. The predicted molar refractivity (Wildman–Crippen MR) is 76.7 cm³/mol. The Hall–Kier alpha value is -1.36. The number of aromatic nitrogens is 2. The standard InChI is InChI=1S/C14H24N4O/c1-11(2)18(10-12-4-6-15-7-5-12)14-16-8-13(19-3)9-17-14/h8-9,11-12,15H,4-7,10H2,1-3H3. The second kappa shape index (κ2) is 6.70. The molecule has 0 aliphatic carbocycles. The molecule has 19 heavy (non-hydrogen) atoms. The van der Waals surface area contributed by atoms with Crippen molar-refractivity contribution in [2.24, 2.45) is 5.92 Å². The smallest absolute Gasteiger partial charge is 0.225 e. The summed E-state index contributed by atoms with van der Waals surface area (Å²) in [4.78, 5) is 11.1. The van der Waals surface area contributed by atoms with E-state index in [2.05, 4.69) is 34.0 Å². The molecule has 0 atom stereocenters. The number of anilines is 1. The fourth-order valence-electron chi connectivity index (χ4n) is 2.43. The lowest BCUT2D eigenvalue weighted by atomic mass is 9.97. The number of rotatable bonds is 5. The molecule has 2 heterocycles. The largest absolute Gasteiger partial charge is 0.494 e. The lowest BCUT2D eigenvalue weighted by Crippen LogP contribution is -2.40. The number of piperidine rings is 1. The van der Waals surface area contributed by atoms with Crippen molar-refractivity contribution in [1.82, 2.24) is 15.3 Å². The summed E-state index contributed by atoms with van der Waals surface area (Å²) in [6.07, 6.45) is 5.94. The summed E-state index contributed by atoms with van der Waals surface area (Å²) < 4.78 is 5.11. The molecule has 1 N–H and O–H groups in total. The van der Waals surface area contributed by atoms with Gasteiger partial charge in [-0.2, -0.15) is 0 Å². The summed E-state index contributed by atoms with van der Waals surface area (Å²) in [7, 11) is 1.63. The van der Waals surface area contributed by atoms with Gasteiger partial charge in [-0.15, -0.1) is 0 Å². The van der Waals surface area contributed by atoms with Crippen molar-refractivity contribution in [3.63, 3.8) is 0 Å². The molecule has 1 aromatic rings. The first-order chi connectivity index (χ1) is 9.20. The van der Waals surface area contributed by atoms with Crippen LogP contribution in [0.2, 0.25) is 0 Å². The zero-order chi connectivity index (χ0) is 13.7. The third kappa shape index (κ3) is 3.80. The van der Waals surface area contributed by atoms with E-state index in [1.54, 1.807) is 19.5 Å². The molecule has 106 valence electrons. The van der Waals surface area contributed by atoms with Gasteiger partial charge in [-0.1, -0.05) is 0 Å². The van der Waals surface area contributed by atoms with Crippen LogP contribution in [-0.4, -0.2) is 42.8 Å². The van der Waals surface area contributed by atoms with Crippen LogP contribution >= 0.6 is 0 Å². The van der Waals surface area contributed by atoms with Crippen LogP contribution in [0.4, 0.5) is 5.95 Å². The maximum absolute atomic E-state index is 5.11. The lowest BCUT2D eigenvalue weighted by molar-refractivity contribution is 0.365. The van der Waals surface area contributed by atoms with Gasteiger partial charge >= 0.3 is 0 Å². The van der Waals surface area contributed by atoms with Crippen molar-refractivity contribution in [3.05, 3.63) is 12.4 Å². The second-order valence-electron chi connectivity index (χ2n) is 5.36. The van der Waals surface area contributed by atoms with E-state index >= 15 is 0 Å². The van der Waals surface area contributed by atoms with Gasteiger partial charge in [0, 0.05) is 12.6 Å². The topological polar surface area (TPSA) is 50.3 Å². The van der Waals surface area contributed by atoms with Gasteiger partial charge in [-0.3, -0.25) is 0 Å². The number of nitrogens with zero attached hydrogens (tertiary/aromatic N) is 3. The van der Waals surface area contributed by atoms with Crippen LogP contribution in [0.15, 0.2) is 12.4 Å². The van der Waals surface area contributed by atoms with E-state index in [9.17, 15) is 0 Å². The van der Waals surface area contributed by atoms with E-state index in [1.807, 2.05) is 0 Å². The second-order valence-corrected chi connectivity index (χ2v) is 5.36. The Kier molecular flexibility index (Phi) is 4.96. The Morgan fingerprint density at radius 1 is 1.32 bits per heavy atom. The van der Waals surface area contributed by atoms with Crippen molar-refractivity contribution in [2.75, 3.05) is 31.6 Å². The van der Waals surface area contributed by atoms with Gasteiger partial charge in [0.05, 0.1) is 19.5 Å². The molecule has 0 saturated carbocycles. The highest BCUT2D eigenvalue weighted by atomic mass is 16.5. The average molecular weight is 264 g/mol. The minimum atomic E-state index is 0.406. The zero-order valence-electron chi connectivity index (χ0n) is 12.1. The van der Waals surface area contributed by atoms with Crippen LogP contribution in [0.25, 0.3) is 0 Å². The third-order valence-electron chi connectivity index (χ3n) is 3.64. The molecule has 1 aliphatic heterocycles. The highest BCUT2D eigenvalue weighted by Crippen LogP contribution is 2.19. The van der Waals surface area contributed by atoms with Crippen LogP contribution in [-0.2, 0) is 0 Å². The minimum absolute atomic E-state index is 0.406. The van der Waals surface area contributed by atoms with E-state index in [1.165, 1.54) is 12.8 Å². The monoisotopic (exact) mass is 264 g/mol. The highest BCUT2D eigenvalue weighted by Gasteiger charge is 2.20. The Balaban J connectivity index is 2.05. The molecular weight excluding hydrogens is 240 g/mol. The molecule has 0 amide bonds. The maximum atomic E-state index is 5.11. The Labute approximate surface area is 115 Å². The summed E-state index contributed by atoms with van der Waals surface area (Å²) in [5.74, 6) is 2.23. The molecule has 0 spiro atoms. The number of ether oxygens (including phenoxy) is 1. The molecule has 0 radical (unpaired) electrons. The van der Waals surface area contributed by atoms with Gasteiger partial charge in [-0.05, 0) is 45.7 Å². The summed E-state index contributed by atoms with van der Waals surface area (Å²) in [5.41, 5.74) is 0. The highest BCUT2D eigenvalue weighted by molar-refractivity contribution is 5.32. The van der Waals surface area contributed by atoms with Crippen LogP contribution < -0.4 is 15.0 Å². The molecule has 1 aliphatic rings. The number of hydrogen-bond acceptors (Lipinski definition) is 5. The van der Waals surface area contributed by atoms with Crippen molar-refractivity contribution in [2.45, 2.75) is 32.7 Å². The molecule has 2 rings (SSSR count). The van der Waals surface area contributed by atoms with E-state index in [0.717, 1.165) is 31.5 Å². The minimum Gasteiger partial charge on any atom is -0.494 e. The molecule has 5 heteroatoms. The summed E-state index contributed by atoms with van der Waals surface area (Å²) in [6.45, 7) is 7.66. The van der Waals surface area contributed by atoms with Gasteiger partial charge in [0.15, 0.2) is 5.75 Å². The Bertz CT molecular complexity index is 374. The Morgan fingerprint density at radius 3 is 2.47 bits per heavy atom. The van der Waals surface area contributed by atoms with Gasteiger partial charge in [-0.25, -0.2) is 9.97 Å².